The van der Waals surface area contributed by atoms with Crippen LogP contribution in [0.25, 0.3) is 16.4 Å². The summed E-state index contributed by atoms with van der Waals surface area (Å²) in [5, 5.41) is 13.7. The Labute approximate surface area is 180 Å². The maximum absolute atomic E-state index is 13.8. The molecule has 4 rings (SSSR count). The first-order valence-corrected chi connectivity index (χ1v) is 10.8. The molecule has 0 aliphatic rings. The summed E-state index contributed by atoms with van der Waals surface area (Å²) in [5.41, 5.74) is 0.916. The van der Waals surface area contributed by atoms with Crippen molar-refractivity contribution in [3.63, 3.8) is 0 Å². The van der Waals surface area contributed by atoms with E-state index in [1.807, 2.05) is 46.3 Å². The number of carbonyl (C=O) groups excluding carboxylic acids is 1. The minimum absolute atomic E-state index is 0.0477. The molecular weight excluding hydrogens is 423 g/mol. The van der Waals surface area contributed by atoms with E-state index in [4.69, 9.17) is 4.74 Å². The molecule has 1 amide bonds. The number of thioether (sulfide) groups is 1. The van der Waals surface area contributed by atoms with Crippen molar-refractivity contribution in [3.05, 3.63) is 71.9 Å². The van der Waals surface area contributed by atoms with Gasteiger partial charge in [-0.1, -0.05) is 42.1 Å². The van der Waals surface area contributed by atoms with Gasteiger partial charge in [0.1, 0.15) is 11.6 Å². The van der Waals surface area contributed by atoms with Crippen molar-refractivity contribution >= 4 is 34.7 Å². The first kappa shape index (κ1) is 20.1. The monoisotopic (exact) mass is 440 g/mol. The van der Waals surface area contributed by atoms with Crippen molar-refractivity contribution in [1.82, 2.24) is 14.8 Å². The number of thiophene rings is 1. The second-order valence-electron chi connectivity index (χ2n) is 6.11. The fourth-order valence-corrected chi connectivity index (χ4v) is 4.28. The van der Waals surface area contributed by atoms with E-state index >= 15 is 0 Å². The number of methoxy groups -OCH3 is 1. The van der Waals surface area contributed by atoms with E-state index in [-0.39, 0.29) is 17.3 Å². The second-order valence-corrected chi connectivity index (χ2v) is 8.00. The number of halogens is 1. The lowest BCUT2D eigenvalue weighted by atomic mass is 10.3. The molecule has 1 N–H and O–H groups in total. The summed E-state index contributed by atoms with van der Waals surface area (Å²) in [7, 11) is 1.60. The van der Waals surface area contributed by atoms with Crippen LogP contribution in [0.4, 0.5) is 10.1 Å². The van der Waals surface area contributed by atoms with Crippen LogP contribution < -0.4 is 10.1 Å². The third-order valence-corrected chi connectivity index (χ3v) is 5.98. The topological polar surface area (TPSA) is 69.0 Å². The zero-order valence-electron chi connectivity index (χ0n) is 15.9. The number of aromatic nitrogens is 3. The summed E-state index contributed by atoms with van der Waals surface area (Å²) in [6.07, 6.45) is 0. The lowest BCUT2D eigenvalue weighted by Crippen LogP contribution is -2.15. The zero-order valence-corrected chi connectivity index (χ0v) is 17.5. The van der Waals surface area contributed by atoms with Gasteiger partial charge < -0.3 is 10.1 Å². The van der Waals surface area contributed by atoms with Gasteiger partial charge in [-0.05, 0) is 35.7 Å². The second kappa shape index (κ2) is 9.10. The first-order valence-electron chi connectivity index (χ1n) is 8.97. The predicted octanol–water partition coefficient (Wildman–Crippen LogP) is 4.87. The number of carbonyl (C=O) groups is 1. The molecular formula is C21H17FN4O2S2. The number of benzene rings is 2. The van der Waals surface area contributed by atoms with E-state index in [2.05, 4.69) is 15.5 Å². The lowest BCUT2D eigenvalue weighted by molar-refractivity contribution is -0.113. The van der Waals surface area contributed by atoms with Gasteiger partial charge in [0, 0.05) is 0 Å². The average molecular weight is 441 g/mol. The number of hydrogen-bond acceptors (Lipinski definition) is 6. The van der Waals surface area contributed by atoms with Crippen LogP contribution in [0.3, 0.4) is 0 Å². The van der Waals surface area contributed by atoms with Gasteiger partial charge >= 0.3 is 0 Å². The Bertz CT molecular complexity index is 1160. The van der Waals surface area contributed by atoms with Crippen LogP contribution in [0.15, 0.2) is 71.2 Å². The number of rotatable bonds is 7. The van der Waals surface area contributed by atoms with Gasteiger partial charge in [0.05, 0.1) is 29.1 Å². The van der Waals surface area contributed by atoms with Crippen molar-refractivity contribution in [2.45, 2.75) is 5.16 Å². The number of ether oxygens (including phenoxy) is 1. The highest BCUT2D eigenvalue weighted by Crippen LogP contribution is 2.34. The highest BCUT2D eigenvalue weighted by atomic mass is 32.2. The van der Waals surface area contributed by atoms with Crippen LogP contribution >= 0.6 is 23.1 Å². The SMILES string of the molecule is COc1ccccc1-n1c(SCC(=O)Nc2ccccc2F)nnc1-c1cccs1. The quantitative estimate of drug-likeness (QED) is 0.415. The third-order valence-electron chi connectivity index (χ3n) is 4.18. The molecule has 0 saturated carbocycles. The number of para-hydroxylation sites is 3. The molecule has 0 radical (unpaired) electrons. The van der Waals surface area contributed by atoms with Gasteiger partial charge in [-0.25, -0.2) is 4.39 Å². The molecule has 6 nitrogen and oxygen atoms in total. The third kappa shape index (κ3) is 4.22. The van der Waals surface area contributed by atoms with Crippen LogP contribution in [0, 0.1) is 5.82 Å². The van der Waals surface area contributed by atoms with Gasteiger partial charge in [-0.2, -0.15) is 0 Å². The number of anilines is 1. The van der Waals surface area contributed by atoms with E-state index in [9.17, 15) is 9.18 Å². The van der Waals surface area contributed by atoms with Crippen LogP contribution in [-0.2, 0) is 4.79 Å². The van der Waals surface area contributed by atoms with E-state index in [1.54, 1.807) is 30.6 Å². The normalized spacial score (nSPS) is 10.7. The van der Waals surface area contributed by atoms with E-state index in [0.717, 1.165) is 10.6 Å². The summed E-state index contributed by atoms with van der Waals surface area (Å²) in [6.45, 7) is 0. The fraction of sp³-hybridized carbons (Fsp3) is 0.0952. The molecule has 2 aromatic heterocycles. The van der Waals surface area contributed by atoms with Crippen LogP contribution in [0.5, 0.6) is 5.75 Å². The smallest absolute Gasteiger partial charge is 0.234 e. The molecule has 4 aromatic rings. The summed E-state index contributed by atoms with van der Waals surface area (Å²) >= 11 is 2.76. The highest BCUT2D eigenvalue weighted by molar-refractivity contribution is 7.99. The van der Waals surface area contributed by atoms with Gasteiger partial charge in [0.2, 0.25) is 5.91 Å². The summed E-state index contributed by atoms with van der Waals surface area (Å²) in [5.74, 6) is 0.552. The fourth-order valence-electron chi connectivity index (χ4n) is 2.84. The largest absolute Gasteiger partial charge is 0.495 e. The van der Waals surface area contributed by atoms with Crippen molar-refractivity contribution in [1.29, 1.82) is 0 Å². The Balaban J connectivity index is 1.62. The van der Waals surface area contributed by atoms with Crippen molar-refractivity contribution in [2.24, 2.45) is 0 Å². The molecule has 0 saturated heterocycles. The predicted molar refractivity (Wildman–Crippen MR) is 117 cm³/mol. The number of amides is 1. The molecule has 2 heterocycles. The van der Waals surface area contributed by atoms with Gasteiger partial charge in [0.15, 0.2) is 11.0 Å². The van der Waals surface area contributed by atoms with Crippen LogP contribution in [0.1, 0.15) is 0 Å². The Morgan fingerprint density at radius 1 is 1.13 bits per heavy atom. The summed E-state index contributed by atoms with van der Waals surface area (Å²) in [6, 6.07) is 17.5. The van der Waals surface area contributed by atoms with E-state index in [1.165, 1.54) is 23.9 Å². The van der Waals surface area contributed by atoms with E-state index in [0.29, 0.717) is 16.7 Å². The van der Waals surface area contributed by atoms with Crippen LogP contribution in [-0.4, -0.2) is 33.5 Å². The molecule has 0 aliphatic carbocycles. The Morgan fingerprint density at radius 2 is 1.93 bits per heavy atom. The summed E-state index contributed by atoms with van der Waals surface area (Å²) < 4.78 is 21.2. The zero-order chi connectivity index (χ0) is 20.9. The molecule has 9 heteroatoms. The molecule has 0 aliphatic heterocycles. The molecule has 0 unspecified atom stereocenters. The molecule has 0 spiro atoms. The summed E-state index contributed by atoms with van der Waals surface area (Å²) in [4.78, 5) is 13.3. The molecule has 152 valence electrons. The van der Waals surface area contributed by atoms with Gasteiger partial charge in [0.25, 0.3) is 0 Å². The van der Waals surface area contributed by atoms with Gasteiger partial charge in [-0.3, -0.25) is 9.36 Å². The minimum atomic E-state index is -0.479. The Morgan fingerprint density at radius 3 is 2.70 bits per heavy atom. The van der Waals surface area contributed by atoms with Crippen molar-refractivity contribution in [3.8, 4) is 22.1 Å². The Hall–Kier alpha value is -3.17. The molecule has 0 atom stereocenters. The van der Waals surface area contributed by atoms with E-state index < -0.39 is 5.82 Å². The molecule has 0 fully saturated rings. The number of hydrogen-bond donors (Lipinski definition) is 1. The van der Waals surface area contributed by atoms with Crippen molar-refractivity contribution in [2.75, 3.05) is 18.2 Å². The number of nitrogens with zero attached hydrogens (tertiary/aromatic N) is 3. The van der Waals surface area contributed by atoms with Gasteiger partial charge in [-0.15, -0.1) is 21.5 Å². The van der Waals surface area contributed by atoms with Crippen LogP contribution in [0.2, 0.25) is 0 Å². The average Bonchev–Trinajstić information content (AvgIpc) is 3.43. The lowest BCUT2D eigenvalue weighted by Gasteiger charge is -2.13. The molecule has 0 bridgehead atoms. The first-order chi connectivity index (χ1) is 14.7. The molecule has 2 aromatic carbocycles. The Kier molecular flexibility index (Phi) is 6.10. The number of nitrogens with one attached hydrogen (secondary N) is 1. The highest BCUT2D eigenvalue weighted by Gasteiger charge is 2.20. The maximum Gasteiger partial charge on any atom is 0.234 e. The maximum atomic E-state index is 13.8. The standard InChI is InChI=1S/C21H17FN4O2S2/c1-28-17-10-5-4-9-16(17)26-20(18-11-6-12-29-18)24-25-21(26)30-13-19(27)23-15-8-3-2-7-14(15)22/h2-12H,13H2,1H3,(H,23,27). The minimum Gasteiger partial charge on any atom is -0.495 e. The van der Waals surface area contributed by atoms with Crippen molar-refractivity contribution < 1.29 is 13.9 Å². The molecule has 30 heavy (non-hydrogen) atoms.